The van der Waals surface area contributed by atoms with Crippen molar-refractivity contribution in [2.75, 3.05) is 6.61 Å². The Morgan fingerprint density at radius 2 is 1.37 bits per heavy atom. The van der Waals surface area contributed by atoms with Crippen molar-refractivity contribution in [1.29, 1.82) is 0 Å². The molecule has 0 spiro atoms. The largest absolute Gasteiger partial charge is 0.481 e. The third-order valence-electron chi connectivity index (χ3n) is 5.78. The van der Waals surface area contributed by atoms with Crippen LogP contribution in [-0.4, -0.2) is 39.2 Å². The Hall–Kier alpha value is -0.650. The Labute approximate surface area is 166 Å². The van der Waals surface area contributed by atoms with Crippen LogP contribution >= 0.6 is 0 Å². The first-order valence-corrected chi connectivity index (χ1v) is 11.2. The quantitative estimate of drug-likeness (QED) is 0.312. The third kappa shape index (κ3) is 8.93. The minimum absolute atomic E-state index is 0.223. The smallest absolute Gasteiger partial charge is 0.303 e. The summed E-state index contributed by atoms with van der Waals surface area (Å²) in [6, 6.07) is 0. The normalized spacial score (nSPS) is 22.4. The molecule has 1 atom stereocenters. The van der Waals surface area contributed by atoms with Gasteiger partial charge in [0, 0.05) is 6.42 Å². The second-order valence-electron chi connectivity index (χ2n) is 8.89. The molecule has 1 aliphatic heterocycles. The number of carboxylic acid groups (broad SMARTS) is 1. The molecule has 0 aliphatic carbocycles. The Balaban J connectivity index is 2.32. The summed E-state index contributed by atoms with van der Waals surface area (Å²) in [4.78, 5) is 10.6. The molecule has 0 amide bonds. The molecule has 1 heterocycles. The van der Waals surface area contributed by atoms with Gasteiger partial charge in [-0.05, 0) is 46.0 Å². The minimum atomic E-state index is -0.735. The van der Waals surface area contributed by atoms with Gasteiger partial charge in [-0.2, -0.15) is 5.06 Å². The lowest BCUT2D eigenvalue weighted by Crippen LogP contribution is -2.50. The minimum Gasteiger partial charge on any atom is -0.481 e. The average Bonchev–Trinajstić information content (AvgIpc) is 2.84. The van der Waals surface area contributed by atoms with Crippen LogP contribution in [0.1, 0.15) is 117 Å². The van der Waals surface area contributed by atoms with E-state index in [2.05, 4.69) is 6.92 Å². The molecule has 0 unspecified atom stereocenters. The highest BCUT2D eigenvalue weighted by molar-refractivity contribution is 5.66. The van der Waals surface area contributed by atoms with Crippen LogP contribution in [0.15, 0.2) is 0 Å². The molecule has 160 valence electrons. The molecule has 5 heteroatoms. The summed E-state index contributed by atoms with van der Waals surface area (Å²) >= 11 is 0. The third-order valence-corrected chi connectivity index (χ3v) is 5.78. The number of nitrogens with zero attached hydrogens (tertiary/aromatic N) is 1. The number of hydrogen-bond acceptors (Lipinski definition) is 4. The standard InChI is InChI=1S/C22H43NO4/c1-4-5-6-7-8-9-10-11-14-17-22(18-15-12-13-16-20(24)25)23(26)21(2,3)19-27-22/h26H,4-19H2,1-3H3,(H,24,25)/t22-/m0/s1. The molecule has 1 fully saturated rings. The summed E-state index contributed by atoms with van der Waals surface area (Å²) in [5, 5.41) is 21.0. The highest BCUT2D eigenvalue weighted by Crippen LogP contribution is 2.40. The SMILES string of the molecule is CCCCCCCCCCC[C@@]1(CCCCCC(=O)O)OCC(C)(C)N1O. The van der Waals surface area contributed by atoms with Crippen LogP contribution in [0.5, 0.6) is 0 Å². The zero-order valence-corrected chi connectivity index (χ0v) is 18.0. The summed E-state index contributed by atoms with van der Waals surface area (Å²) in [6.45, 7) is 6.81. The highest BCUT2D eigenvalue weighted by Gasteiger charge is 2.50. The zero-order chi connectivity index (χ0) is 20.2. The molecule has 0 bridgehead atoms. The van der Waals surface area contributed by atoms with Gasteiger partial charge in [0.05, 0.1) is 12.1 Å². The molecule has 1 rings (SSSR count). The van der Waals surface area contributed by atoms with Crippen LogP contribution in [0, 0.1) is 0 Å². The fraction of sp³-hybridized carbons (Fsp3) is 0.955. The number of rotatable bonds is 16. The summed E-state index contributed by atoms with van der Waals surface area (Å²) in [7, 11) is 0. The maximum atomic E-state index is 10.7. The Kier molecular flexibility index (Phi) is 11.5. The second-order valence-corrected chi connectivity index (χ2v) is 8.89. The van der Waals surface area contributed by atoms with Crippen molar-refractivity contribution in [1.82, 2.24) is 5.06 Å². The van der Waals surface area contributed by atoms with Crippen LogP contribution < -0.4 is 0 Å². The van der Waals surface area contributed by atoms with E-state index in [0.29, 0.717) is 13.0 Å². The van der Waals surface area contributed by atoms with Crippen molar-refractivity contribution < 1.29 is 19.8 Å². The van der Waals surface area contributed by atoms with Crippen LogP contribution in [0.3, 0.4) is 0 Å². The van der Waals surface area contributed by atoms with E-state index in [1.165, 1.54) is 56.4 Å². The monoisotopic (exact) mass is 385 g/mol. The molecule has 0 aromatic rings. The zero-order valence-electron chi connectivity index (χ0n) is 18.0. The van der Waals surface area contributed by atoms with Crippen molar-refractivity contribution in [3.8, 4) is 0 Å². The number of carbonyl (C=O) groups is 1. The maximum Gasteiger partial charge on any atom is 0.303 e. The first kappa shape index (κ1) is 24.4. The summed E-state index contributed by atoms with van der Waals surface area (Å²) in [5.74, 6) is -0.735. The summed E-state index contributed by atoms with van der Waals surface area (Å²) in [6.07, 6.45) is 15.8. The number of aliphatic carboxylic acids is 1. The van der Waals surface area contributed by atoms with Gasteiger partial charge in [0.1, 0.15) is 5.72 Å². The van der Waals surface area contributed by atoms with Gasteiger partial charge >= 0.3 is 5.97 Å². The fourth-order valence-electron chi connectivity index (χ4n) is 4.03. The van der Waals surface area contributed by atoms with E-state index in [9.17, 15) is 10.0 Å². The predicted molar refractivity (Wildman–Crippen MR) is 109 cm³/mol. The highest BCUT2D eigenvalue weighted by atomic mass is 16.6. The molecule has 0 aromatic heterocycles. The van der Waals surface area contributed by atoms with Crippen molar-refractivity contribution in [2.45, 2.75) is 128 Å². The number of ether oxygens (including phenoxy) is 1. The fourth-order valence-corrected chi connectivity index (χ4v) is 4.03. The molecule has 1 saturated heterocycles. The van der Waals surface area contributed by atoms with E-state index in [1.807, 2.05) is 13.8 Å². The van der Waals surface area contributed by atoms with E-state index in [-0.39, 0.29) is 12.0 Å². The van der Waals surface area contributed by atoms with Crippen LogP contribution in [0.2, 0.25) is 0 Å². The number of hydrogen-bond donors (Lipinski definition) is 2. The number of hydroxylamine groups is 2. The molecule has 0 saturated carbocycles. The van der Waals surface area contributed by atoms with Gasteiger partial charge in [0.2, 0.25) is 0 Å². The van der Waals surface area contributed by atoms with Gasteiger partial charge < -0.3 is 15.1 Å². The molecule has 0 aromatic carbocycles. The average molecular weight is 386 g/mol. The predicted octanol–water partition coefficient (Wildman–Crippen LogP) is 6.14. The summed E-state index contributed by atoms with van der Waals surface area (Å²) in [5.41, 5.74) is -0.950. The first-order chi connectivity index (χ1) is 12.8. The van der Waals surface area contributed by atoms with E-state index < -0.39 is 11.7 Å². The molecule has 0 radical (unpaired) electrons. The van der Waals surface area contributed by atoms with E-state index >= 15 is 0 Å². The van der Waals surface area contributed by atoms with Crippen molar-refractivity contribution in [3.63, 3.8) is 0 Å². The van der Waals surface area contributed by atoms with E-state index in [4.69, 9.17) is 9.84 Å². The summed E-state index contributed by atoms with van der Waals surface area (Å²) < 4.78 is 6.13. The lowest BCUT2D eigenvalue weighted by molar-refractivity contribution is -0.256. The molecule has 1 aliphatic rings. The van der Waals surface area contributed by atoms with E-state index in [1.54, 1.807) is 0 Å². The van der Waals surface area contributed by atoms with Crippen LogP contribution in [0.25, 0.3) is 0 Å². The number of carboxylic acids is 1. The molecular formula is C22H43NO4. The lowest BCUT2D eigenvalue weighted by atomic mass is 9.95. The van der Waals surface area contributed by atoms with Gasteiger partial charge in [0.25, 0.3) is 0 Å². The first-order valence-electron chi connectivity index (χ1n) is 11.2. The van der Waals surface area contributed by atoms with Crippen molar-refractivity contribution in [3.05, 3.63) is 0 Å². The lowest BCUT2D eigenvalue weighted by Gasteiger charge is -2.37. The van der Waals surface area contributed by atoms with Crippen LogP contribution in [0.4, 0.5) is 0 Å². The van der Waals surface area contributed by atoms with E-state index in [0.717, 1.165) is 32.1 Å². The molecule has 2 N–H and O–H groups in total. The topological polar surface area (TPSA) is 70.0 Å². The van der Waals surface area contributed by atoms with Gasteiger partial charge in [-0.15, -0.1) is 0 Å². The van der Waals surface area contributed by atoms with Gasteiger partial charge in [-0.25, -0.2) is 0 Å². The molecule has 27 heavy (non-hydrogen) atoms. The Morgan fingerprint density at radius 1 is 0.889 bits per heavy atom. The van der Waals surface area contributed by atoms with Gasteiger partial charge in [0.15, 0.2) is 0 Å². The second kappa shape index (κ2) is 12.7. The van der Waals surface area contributed by atoms with Gasteiger partial charge in [-0.1, -0.05) is 64.7 Å². The van der Waals surface area contributed by atoms with Gasteiger partial charge in [-0.3, -0.25) is 4.79 Å². The maximum absolute atomic E-state index is 10.7. The molecular weight excluding hydrogens is 342 g/mol. The number of unbranched alkanes of at least 4 members (excludes halogenated alkanes) is 10. The van der Waals surface area contributed by atoms with Crippen LogP contribution in [-0.2, 0) is 9.53 Å². The van der Waals surface area contributed by atoms with Crippen molar-refractivity contribution in [2.24, 2.45) is 0 Å². The Morgan fingerprint density at radius 3 is 1.81 bits per heavy atom. The van der Waals surface area contributed by atoms with Crippen molar-refractivity contribution >= 4 is 5.97 Å². The Bertz CT molecular complexity index is 413. The molecule has 5 nitrogen and oxygen atoms in total.